The van der Waals surface area contributed by atoms with Gasteiger partial charge in [-0.05, 0) is 6.92 Å². The summed E-state index contributed by atoms with van der Waals surface area (Å²) >= 11 is 3.26. The van der Waals surface area contributed by atoms with E-state index in [1.165, 1.54) is 0 Å². The van der Waals surface area contributed by atoms with Gasteiger partial charge in [0.25, 0.3) is 0 Å². The second-order valence-electron chi connectivity index (χ2n) is 2.51. The van der Waals surface area contributed by atoms with Crippen LogP contribution >= 0.6 is 23.1 Å². The number of nitrogens with zero attached hydrogens (tertiary/aromatic N) is 5. The minimum absolute atomic E-state index is 0.735. The van der Waals surface area contributed by atoms with Crippen molar-refractivity contribution in [3.8, 4) is 0 Å². The van der Waals surface area contributed by atoms with E-state index in [1.54, 1.807) is 23.1 Å². The molecule has 0 bridgehead atoms. The van der Waals surface area contributed by atoms with Crippen molar-refractivity contribution in [1.82, 2.24) is 30.8 Å². The molecule has 2 aromatic rings. The van der Waals surface area contributed by atoms with Gasteiger partial charge in [-0.15, -0.1) is 20.4 Å². The third-order valence-electron chi connectivity index (χ3n) is 1.45. The molecule has 0 unspecified atom stereocenters. The average Bonchev–Trinajstić information content (AvgIpc) is 2.77. The molecule has 2 rings (SSSR count). The average molecular weight is 228 g/mol. The van der Waals surface area contributed by atoms with E-state index < -0.39 is 0 Å². The number of rotatable bonds is 4. The summed E-state index contributed by atoms with van der Waals surface area (Å²) in [5.41, 5.74) is 0. The predicted octanol–water partition coefficient (Wildman–Crippen LogP) is 0.694. The van der Waals surface area contributed by atoms with Gasteiger partial charge in [-0.1, -0.05) is 28.3 Å². The highest BCUT2D eigenvalue weighted by atomic mass is 32.2. The van der Waals surface area contributed by atoms with Crippen LogP contribution in [0.3, 0.4) is 0 Å². The van der Waals surface area contributed by atoms with Crippen molar-refractivity contribution in [2.24, 2.45) is 0 Å². The van der Waals surface area contributed by atoms with Crippen molar-refractivity contribution in [1.29, 1.82) is 0 Å². The highest BCUT2D eigenvalue weighted by Crippen LogP contribution is 2.21. The summed E-state index contributed by atoms with van der Waals surface area (Å²) in [5.74, 6) is 1.63. The maximum Gasteiger partial charge on any atom is 0.175 e. The quantitative estimate of drug-likeness (QED) is 0.776. The molecule has 0 amide bonds. The summed E-state index contributed by atoms with van der Waals surface area (Å²) in [6.07, 6.45) is 0.791. The number of hydrogen-bond acceptors (Lipinski definition) is 7. The van der Waals surface area contributed by atoms with Gasteiger partial charge >= 0.3 is 0 Å². The Hall–Kier alpha value is -1.02. The first-order valence-corrected chi connectivity index (χ1v) is 5.80. The van der Waals surface area contributed by atoms with Crippen LogP contribution in [0.4, 0.5) is 0 Å². The lowest BCUT2D eigenvalue weighted by atomic mass is 10.5. The number of hydrogen-bond donors (Lipinski definition) is 1. The monoisotopic (exact) mass is 228 g/mol. The summed E-state index contributed by atoms with van der Waals surface area (Å²) in [7, 11) is 0. The molecule has 0 saturated carbocycles. The van der Waals surface area contributed by atoms with E-state index in [4.69, 9.17) is 0 Å². The summed E-state index contributed by atoms with van der Waals surface area (Å²) < 4.78 is 0.992. The first kappa shape index (κ1) is 9.53. The number of aromatic amines is 1. The minimum atomic E-state index is 0.735. The SMILES string of the molecule is Cc1nnc(SCCc2nn[nH]n2)s1. The van der Waals surface area contributed by atoms with Gasteiger partial charge in [0.1, 0.15) is 5.01 Å². The number of thioether (sulfide) groups is 1. The largest absolute Gasteiger partial charge is 0.177 e. The van der Waals surface area contributed by atoms with Crippen LogP contribution in [0, 0.1) is 6.92 Å². The third kappa shape index (κ3) is 2.48. The summed E-state index contributed by atoms with van der Waals surface area (Å²) in [5, 5.41) is 22.5. The minimum Gasteiger partial charge on any atom is -0.177 e. The Labute approximate surface area is 88.5 Å². The fourth-order valence-electron chi connectivity index (χ4n) is 0.855. The van der Waals surface area contributed by atoms with Crippen LogP contribution in [-0.2, 0) is 6.42 Å². The molecular weight excluding hydrogens is 220 g/mol. The van der Waals surface area contributed by atoms with Crippen LogP contribution in [0.5, 0.6) is 0 Å². The Kier molecular flexibility index (Phi) is 3.04. The van der Waals surface area contributed by atoms with Gasteiger partial charge in [0.2, 0.25) is 0 Å². The highest BCUT2D eigenvalue weighted by Gasteiger charge is 2.02. The van der Waals surface area contributed by atoms with E-state index in [1.807, 2.05) is 6.92 Å². The van der Waals surface area contributed by atoms with Crippen molar-refractivity contribution >= 4 is 23.1 Å². The van der Waals surface area contributed by atoms with Crippen LogP contribution < -0.4 is 0 Å². The predicted molar refractivity (Wildman–Crippen MR) is 53.3 cm³/mol. The maximum atomic E-state index is 4.00. The maximum absolute atomic E-state index is 4.00. The molecule has 8 heteroatoms. The molecule has 0 saturated heterocycles. The first-order chi connectivity index (χ1) is 6.84. The van der Waals surface area contributed by atoms with Crippen LogP contribution in [0.15, 0.2) is 4.34 Å². The first-order valence-electron chi connectivity index (χ1n) is 4.00. The number of H-pyrrole nitrogens is 1. The van der Waals surface area contributed by atoms with Crippen molar-refractivity contribution in [3.05, 3.63) is 10.8 Å². The standard InChI is InChI=1S/C6H8N6S2/c1-4-7-10-6(14-4)13-3-2-5-8-11-12-9-5/h2-3H2,1H3,(H,8,9,11,12). The van der Waals surface area contributed by atoms with Crippen LogP contribution in [0.2, 0.25) is 0 Å². The van der Waals surface area contributed by atoms with Gasteiger partial charge in [0, 0.05) is 12.2 Å². The molecule has 1 N–H and O–H groups in total. The fourth-order valence-corrected chi connectivity index (χ4v) is 2.68. The lowest BCUT2D eigenvalue weighted by Crippen LogP contribution is -1.91. The molecule has 0 radical (unpaired) electrons. The Balaban J connectivity index is 1.78. The van der Waals surface area contributed by atoms with E-state index in [-0.39, 0.29) is 0 Å². The molecule has 2 heterocycles. The second-order valence-corrected chi connectivity index (χ2v) is 5.04. The van der Waals surface area contributed by atoms with Crippen molar-refractivity contribution in [3.63, 3.8) is 0 Å². The zero-order valence-corrected chi connectivity index (χ0v) is 9.10. The number of aromatic nitrogens is 6. The van der Waals surface area contributed by atoms with E-state index in [0.717, 1.165) is 27.3 Å². The number of tetrazole rings is 1. The number of aryl methyl sites for hydroxylation is 2. The molecule has 6 nitrogen and oxygen atoms in total. The van der Waals surface area contributed by atoms with Crippen molar-refractivity contribution < 1.29 is 0 Å². The third-order valence-corrected chi connectivity index (χ3v) is 3.42. The Morgan fingerprint density at radius 2 is 2.29 bits per heavy atom. The molecule has 0 atom stereocenters. The van der Waals surface area contributed by atoms with Gasteiger partial charge in [0.15, 0.2) is 10.2 Å². The highest BCUT2D eigenvalue weighted by molar-refractivity contribution is 8.01. The molecule has 0 aliphatic carbocycles. The van der Waals surface area contributed by atoms with Crippen LogP contribution in [0.25, 0.3) is 0 Å². The van der Waals surface area contributed by atoms with E-state index in [2.05, 4.69) is 30.8 Å². The molecule has 0 spiro atoms. The van der Waals surface area contributed by atoms with Gasteiger partial charge < -0.3 is 0 Å². The Morgan fingerprint density at radius 1 is 1.36 bits per heavy atom. The van der Waals surface area contributed by atoms with E-state index in [0.29, 0.717) is 0 Å². The molecule has 0 aliphatic heterocycles. The van der Waals surface area contributed by atoms with Gasteiger partial charge in [0.05, 0.1) is 0 Å². The zero-order valence-electron chi connectivity index (χ0n) is 7.47. The second kappa shape index (κ2) is 4.47. The Morgan fingerprint density at radius 3 is 2.93 bits per heavy atom. The van der Waals surface area contributed by atoms with E-state index >= 15 is 0 Å². The van der Waals surface area contributed by atoms with Gasteiger partial charge in [-0.25, -0.2) is 0 Å². The molecular formula is C6H8N6S2. The molecule has 0 aliphatic rings. The lowest BCUT2D eigenvalue weighted by Gasteiger charge is -1.91. The van der Waals surface area contributed by atoms with Crippen molar-refractivity contribution in [2.45, 2.75) is 17.7 Å². The smallest absolute Gasteiger partial charge is 0.175 e. The normalized spacial score (nSPS) is 10.6. The van der Waals surface area contributed by atoms with E-state index in [9.17, 15) is 0 Å². The van der Waals surface area contributed by atoms with Crippen molar-refractivity contribution in [2.75, 3.05) is 5.75 Å². The van der Waals surface area contributed by atoms with Gasteiger partial charge in [-0.3, -0.25) is 0 Å². The number of nitrogens with one attached hydrogen (secondary N) is 1. The topological polar surface area (TPSA) is 80.2 Å². The van der Waals surface area contributed by atoms with Gasteiger partial charge in [-0.2, -0.15) is 5.21 Å². The lowest BCUT2D eigenvalue weighted by molar-refractivity contribution is 0.881. The summed E-state index contributed by atoms with van der Waals surface area (Å²) in [6.45, 7) is 1.95. The molecule has 14 heavy (non-hydrogen) atoms. The zero-order chi connectivity index (χ0) is 9.80. The summed E-state index contributed by atoms with van der Waals surface area (Å²) in [6, 6.07) is 0. The van der Waals surface area contributed by atoms with Crippen LogP contribution in [0.1, 0.15) is 10.8 Å². The molecule has 74 valence electrons. The Bertz CT molecular complexity index is 383. The fraction of sp³-hybridized carbons (Fsp3) is 0.500. The van der Waals surface area contributed by atoms with Crippen LogP contribution in [-0.4, -0.2) is 36.6 Å². The molecule has 2 aromatic heterocycles. The molecule has 0 aromatic carbocycles. The summed E-state index contributed by atoms with van der Waals surface area (Å²) in [4.78, 5) is 0. The molecule has 0 fully saturated rings.